The Kier molecular flexibility index (Phi) is 16.1. The molecule has 0 bridgehead atoms. The van der Waals surface area contributed by atoms with Crippen LogP contribution in [0.15, 0.2) is 146 Å². The third-order valence-electron chi connectivity index (χ3n) is 8.90. The van der Waals surface area contributed by atoms with Crippen LogP contribution in [0.25, 0.3) is 21.3 Å². The first kappa shape index (κ1) is 44.0. The summed E-state index contributed by atoms with van der Waals surface area (Å²) in [6.07, 6.45) is 5.32. The molecule has 0 radical (unpaired) electrons. The highest BCUT2D eigenvalue weighted by Crippen LogP contribution is 2.29. The maximum Gasteiger partial charge on any atom is 0.343 e. The molecule has 1 aromatic heterocycles. The smallest absolute Gasteiger partial charge is 0.343 e. The van der Waals surface area contributed by atoms with E-state index in [2.05, 4.69) is 28.7 Å². The van der Waals surface area contributed by atoms with Crippen molar-refractivity contribution in [1.29, 1.82) is 0 Å². The first-order valence-corrected chi connectivity index (χ1v) is 20.4. The molecule has 6 aromatic rings. The van der Waals surface area contributed by atoms with E-state index in [9.17, 15) is 19.2 Å². The van der Waals surface area contributed by atoms with Gasteiger partial charge in [0.1, 0.15) is 17.2 Å². The van der Waals surface area contributed by atoms with E-state index in [1.807, 2.05) is 60.7 Å². The number of hydrogen-bond acceptors (Lipinski definition) is 14. The molecule has 6 rings (SSSR count). The molecule has 14 heteroatoms. The molecule has 0 aliphatic carbocycles. The van der Waals surface area contributed by atoms with Crippen LogP contribution in [0.1, 0.15) is 44.7 Å². The summed E-state index contributed by atoms with van der Waals surface area (Å²) in [5, 5.41) is 5.04. The van der Waals surface area contributed by atoms with E-state index in [0.29, 0.717) is 71.5 Å². The number of carbonyl (C=O) groups excluding carboxylic acids is 4. The number of aromatic nitrogens is 1. The molecule has 0 saturated carbocycles. The van der Waals surface area contributed by atoms with Gasteiger partial charge in [0, 0.05) is 37.0 Å². The van der Waals surface area contributed by atoms with E-state index >= 15 is 0 Å². The van der Waals surface area contributed by atoms with Gasteiger partial charge in [-0.05, 0) is 89.5 Å². The number of esters is 4. The summed E-state index contributed by atoms with van der Waals surface area (Å²) in [5.41, 5.74) is 7.85. The van der Waals surface area contributed by atoms with Crippen LogP contribution in [0.4, 0.5) is 5.13 Å². The number of benzene rings is 5. The summed E-state index contributed by atoms with van der Waals surface area (Å²) in [6, 6.07) is 34.3. The summed E-state index contributed by atoms with van der Waals surface area (Å²) in [4.78, 5) is 52.9. The Morgan fingerprint density at radius 2 is 1.24 bits per heavy atom. The average molecular weight is 854 g/mol. The van der Waals surface area contributed by atoms with E-state index in [0.717, 1.165) is 39.1 Å². The van der Waals surface area contributed by atoms with Crippen molar-refractivity contribution in [3.8, 4) is 28.4 Å². The number of ether oxygens (including phenoxy) is 6. The van der Waals surface area contributed by atoms with Gasteiger partial charge in [-0.2, -0.15) is 5.10 Å². The van der Waals surface area contributed by atoms with E-state index in [1.165, 1.54) is 11.3 Å². The van der Waals surface area contributed by atoms with Gasteiger partial charge in [-0.1, -0.05) is 67.0 Å². The molecule has 0 saturated heterocycles. The third-order valence-corrected chi connectivity index (χ3v) is 9.84. The first-order valence-electron chi connectivity index (χ1n) is 19.6. The highest BCUT2D eigenvalue weighted by molar-refractivity contribution is 7.22. The van der Waals surface area contributed by atoms with Gasteiger partial charge in [0.05, 0.1) is 60.6 Å². The minimum absolute atomic E-state index is 0.187. The van der Waals surface area contributed by atoms with E-state index < -0.39 is 23.9 Å². The second kappa shape index (κ2) is 22.7. The molecule has 1 heterocycles. The fraction of sp³-hybridized carbons (Fsp3) is 0.167. The van der Waals surface area contributed by atoms with Crippen molar-refractivity contribution >= 4 is 56.8 Å². The topological polar surface area (TPSA) is 161 Å². The van der Waals surface area contributed by atoms with Gasteiger partial charge in [0.15, 0.2) is 0 Å². The maximum atomic E-state index is 13.3. The molecular weight excluding hydrogens is 811 g/mol. The lowest BCUT2D eigenvalue weighted by Gasteiger charge is -2.11. The summed E-state index contributed by atoms with van der Waals surface area (Å²) < 4.78 is 33.6. The van der Waals surface area contributed by atoms with E-state index in [-0.39, 0.29) is 19.8 Å². The minimum atomic E-state index is -0.567. The number of para-hydroxylation sites is 1. The van der Waals surface area contributed by atoms with Gasteiger partial charge in [-0.3, -0.25) is 5.43 Å². The van der Waals surface area contributed by atoms with Crippen LogP contribution in [0.3, 0.4) is 0 Å². The number of rotatable bonds is 22. The van der Waals surface area contributed by atoms with Crippen molar-refractivity contribution in [2.75, 3.05) is 38.5 Å². The molecule has 62 heavy (non-hydrogen) atoms. The quantitative estimate of drug-likeness (QED) is 0.0131. The van der Waals surface area contributed by atoms with Gasteiger partial charge >= 0.3 is 23.9 Å². The molecule has 5 aromatic carbocycles. The largest absolute Gasteiger partial charge is 0.493 e. The number of anilines is 1. The van der Waals surface area contributed by atoms with Crippen LogP contribution in [0.2, 0.25) is 0 Å². The molecule has 13 nitrogen and oxygen atoms in total. The van der Waals surface area contributed by atoms with Gasteiger partial charge < -0.3 is 28.4 Å². The van der Waals surface area contributed by atoms with Crippen LogP contribution in [-0.2, 0) is 30.2 Å². The number of carbonyl (C=O) groups is 4. The summed E-state index contributed by atoms with van der Waals surface area (Å²) in [5.74, 6) is -0.541. The Morgan fingerprint density at radius 1 is 0.645 bits per heavy atom. The Balaban J connectivity index is 1.05. The predicted octanol–water partition coefficient (Wildman–Crippen LogP) is 9.02. The molecule has 0 fully saturated rings. The SMILES string of the molecule is C=CC(=O)OCCCOc1ccc(C(=O)OCCc2ccc(-c3ccc(OC(=O)c4ccc(OCCCOC(=O)C=C)cc4)c(/C=N/Nc4nc5ccccc5s4)c3)cc2)cc1. The van der Waals surface area contributed by atoms with Crippen LogP contribution >= 0.6 is 11.3 Å². The first-order chi connectivity index (χ1) is 30.3. The normalized spacial score (nSPS) is 10.8. The molecule has 316 valence electrons. The Morgan fingerprint density at radius 3 is 1.85 bits per heavy atom. The Hall–Kier alpha value is -7.58. The molecule has 0 amide bonds. The Labute approximate surface area is 362 Å². The highest BCUT2D eigenvalue weighted by atomic mass is 32.1. The second-order valence-corrected chi connectivity index (χ2v) is 14.3. The Bertz CT molecular complexity index is 2480. The van der Waals surface area contributed by atoms with E-state index in [1.54, 1.807) is 60.8 Å². The predicted molar refractivity (Wildman–Crippen MR) is 237 cm³/mol. The van der Waals surface area contributed by atoms with E-state index in [4.69, 9.17) is 28.4 Å². The van der Waals surface area contributed by atoms with Gasteiger partial charge in [-0.25, -0.2) is 24.2 Å². The zero-order valence-corrected chi connectivity index (χ0v) is 34.5. The monoisotopic (exact) mass is 853 g/mol. The van der Waals surface area contributed by atoms with Crippen LogP contribution in [-0.4, -0.2) is 68.1 Å². The molecule has 0 atom stereocenters. The number of nitrogens with zero attached hydrogens (tertiary/aromatic N) is 2. The van der Waals surface area contributed by atoms with Gasteiger partial charge in [-0.15, -0.1) is 0 Å². The van der Waals surface area contributed by atoms with Crippen molar-refractivity contribution in [2.45, 2.75) is 19.3 Å². The van der Waals surface area contributed by atoms with Crippen molar-refractivity contribution in [3.63, 3.8) is 0 Å². The molecule has 0 aliphatic heterocycles. The van der Waals surface area contributed by atoms with Crippen LogP contribution in [0.5, 0.6) is 17.2 Å². The standard InChI is InChI=1S/C48H43N3O10S/c1-3-44(52)58-28-7-26-56-39-20-15-35(16-21-39)46(54)60-30-25-33-11-13-34(14-12-33)37-19-24-42(38(31-37)32-49-51-48-50-41-9-5-6-10-43(41)62-48)61-47(55)36-17-22-40(23-18-36)57-27-8-29-59-45(53)4-2/h3-6,9-24,31-32H,1-2,7-8,25-30H2,(H,50,51)/b49-32+. The number of thiazole rings is 1. The van der Waals surface area contributed by atoms with Crippen molar-refractivity contribution < 1.29 is 47.6 Å². The second-order valence-electron chi connectivity index (χ2n) is 13.3. The summed E-state index contributed by atoms with van der Waals surface area (Å²) in [6.45, 7) is 8.01. The van der Waals surface area contributed by atoms with Crippen molar-refractivity contribution in [1.82, 2.24) is 4.98 Å². The number of fused-ring (bicyclic) bond motifs is 1. The van der Waals surface area contributed by atoms with Gasteiger partial charge in [0.2, 0.25) is 5.13 Å². The summed E-state index contributed by atoms with van der Waals surface area (Å²) >= 11 is 1.47. The molecule has 0 spiro atoms. The average Bonchev–Trinajstić information content (AvgIpc) is 3.72. The fourth-order valence-electron chi connectivity index (χ4n) is 5.70. The fourth-order valence-corrected chi connectivity index (χ4v) is 6.52. The molecular formula is C48H43N3O10S. The molecule has 0 unspecified atom stereocenters. The maximum absolute atomic E-state index is 13.3. The van der Waals surface area contributed by atoms with Crippen LogP contribution in [0, 0.1) is 0 Å². The summed E-state index contributed by atoms with van der Waals surface area (Å²) in [7, 11) is 0. The van der Waals surface area contributed by atoms with Crippen molar-refractivity contribution in [3.05, 3.63) is 163 Å². The zero-order chi connectivity index (χ0) is 43.5. The zero-order valence-electron chi connectivity index (χ0n) is 33.7. The minimum Gasteiger partial charge on any atom is -0.493 e. The highest BCUT2D eigenvalue weighted by Gasteiger charge is 2.14. The lowest BCUT2D eigenvalue weighted by molar-refractivity contribution is -0.138. The third kappa shape index (κ3) is 13.2. The molecule has 0 aliphatic rings. The lowest BCUT2D eigenvalue weighted by Crippen LogP contribution is -2.10. The number of hydrazone groups is 1. The van der Waals surface area contributed by atoms with Crippen LogP contribution < -0.4 is 19.6 Å². The van der Waals surface area contributed by atoms with Crippen molar-refractivity contribution in [2.24, 2.45) is 5.10 Å². The number of hydrogen-bond donors (Lipinski definition) is 1. The molecule has 1 N–H and O–H groups in total. The number of nitrogens with one attached hydrogen (secondary N) is 1. The van der Waals surface area contributed by atoms with Gasteiger partial charge in [0.25, 0.3) is 0 Å². The lowest BCUT2D eigenvalue weighted by atomic mass is 10.0.